The second-order valence-corrected chi connectivity index (χ2v) is 3.98. The first-order chi connectivity index (χ1) is 4.74. The minimum atomic E-state index is 0.180. The molecule has 0 fully saturated rings. The van der Waals surface area contributed by atoms with E-state index in [-0.39, 0.29) is 5.28 Å². The van der Waals surface area contributed by atoms with Crippen molar-refractivity contribution in [3.05, 3.63) is 16.6 Å². The number of hydrogen-bond acceptors (Lipinski definition) is 3. The second-order valence-electron chi connectivity index (χ2n) is 1.37. The largest absolute Gasteiger partial charge is 0.225 e. The number of aromatic nitrogens is 2. The molecule has 0 spiro atoms. The van der Waals surface area contributed by atoms with Crippen LogP contribution in [0.15, 0.2) is 11.1 Å². The first-order valence-corrected chi connectivity index (χ1v) is 6.32. The van der Waals surface area contributed by atoms with Crippen LogP contribution in [0.4, 0.5) is 0 Å². The van der Waals surface area contributed by atoms with Crippen molar-refractivity contribution < 1.29 is 0 Å². The highest BCUT2D eigenvalue weighted by Gasteiger charge is 2.01. The molecule has 0 bridgehead atoms. The molecule has 1 heterocycles. The lowest BCUT2D eigenvalue weighted by atomic mass is 10.7. The molecular weight excluding hydrogens is 306 g/mol. The Morgan fingerprint density at radius 3 is 2.70 bits per heavy atom. The monoisotopic (exact) mass is 306 g/mol. The predicted octanol–water partition coefficient (Wildman–Crippen LogP) is 3.23. The lowest BCUT2D eigenvalue weighted by Gasteiger charge is -1.95. The minimum absolute atomic E-state index is 0.180. The van der Waals surface area contributed by atoms with Gasteiger partial charge in [-0.15, -0.1) is 0 Å². The lowest BCUT2D eigenvalue weighted by molar-refractivity contribution is 1.10. The number of nitrogens with zero attached hydrogens (tertiary/aromatic N) is 2. The summed E-state index contributed by atoms with van der Waals surface area (Å²) < 4.78 is 0. The normalized spacial score (nSPS) is 9.90. The molecule has 0 aromatic carbocycles. The molecular formula is C4HCl2IN2S. The van der Waals surface area contributed by atoms with Gasteiger partial charge in [-0.2, -0.15) is 0 Å². The van der Waals surface area contributed by atoms with Gasteiger partial charge in [-0.25, -0.2) is 9.97 Å². The highest BCUT2D eigenvalue weighted by molar-refractivity contribution is 14.2. The first kappa shape index (κ1) is 8.83. The van der Waals surface area contributed by atoms with Crippen LogP contribution in [0, 0.1) is 0 Å². The van der Waals surface area contributed by atoms with E-state index in [1.165, 1.54) is 8.93 Å². The van der Waals surface area contributed by atoms with Gasteiger partial charge < -0.3 is 0 Å². The van der Waals surface area contributed by atoms with E-state index in [1.54, 1.807) is 6.20 Å². The Hall–Kier alpha value is 0.740. The fourth-order valence-corrected chi connectivity index (χ4v) is 2.36. The Bertz CT molecular complexity index is 245. The Morgan fingerprint density at radius 2 is 2.20 bits per heavy atom. The van der Waals surface area contributed by atoms with Crippen LogP contribution in [0.5, 0.6) is 0 Å². The lowest BCUT2D eigenvalue weighted by Crippen LogP contribution is -1.82. The average molecular weight is 307 g/mol. The Kier molecular flexibility index (Phi) is 3.48. The smallest absolute Gasteiger partial charge is 0.223 e. The van der Waals surface area contributed by atoms with E-state index >= 15 is 0 Å². The number of rotatable bonds is 1. The van der Waals surface area contributed by atoms with E-state index < -0.39 is 0 Å². The molecule has 0 N–H and O–H groups in total. The van der Waals surface area contributed by atoms with E-state index in [1.807, 2.05) is 0 Å². The highest BCUT2D eigenvalue weighted by atomic mass is 127. The summed E-state index contributed by atoms with van der Waals surface area (Å²) in [7, 11) is 1.46. The molecule has 0 radical (unpaired) electrons. The SMILES string of the molecule is Clc1ncc(SI)c(Cl)n1. The van der Waals surface area contributed by atoms with Gasteiger partial charge in [-0.3, -0.25) is 0 Å². The number of hydrogen-bond donors (Lipinski definition) is 0. The summed E-state index contributed by atoms with van der Waals surface area (Å²) in [5.41, 5.74) is 0. The van der Waals surface area contributed by atoms with Gasteiger partial charge in [0.2, 0.25) is 5.28 Å². The summed E-state index contributed by atoms with van der Waals surface area (Å²) in [6, 6.07) is 0. The maximum absolute atomic E-state index is 5.67. The van der Waals surface area contributed by atoms with E-state index in [0.29, 0.717) is 5.15 Å². The molecule has 1 aromatic rings. The topological polar surface area (TPSA) is 25.8 Å². The van der Waals surface area contributed by atoms with Gasteiger partial charge >= 0.3 is 0 Å². The highest BCUT2D eigenvalue weighted by Crippen LogP contribution is 2.30. The van der Waals surface area contributed by atoms with Crippen molar-refractivity contribution in [1.29, 1.82) is 0 Å². The van der Waals surface area contributed by atoms with Crippen LogP contribution in [0.25, 0.3) is 0 Å². The summed E-state index contributed by atoms with van der Waals surface area (Å²) in [6.45, 7) is 0. The summed E-state index contributed by atoms with van der Waals surface area (Å²) in [4.78, 5) is 8.32. The van der Waals surface area contributed by atoms with E-state index in [4.69, 9.17) is 23.2 Å². The number of halogens is 3. The van der Waals surface area contributed by atoms with Crippen LogP contribution in [0.1, 0.15) is 0 Å². The van der Waals surface area contributed by atoms with E-state index in [0.717, 1.165) is 4.90 Å². The first-order valence-electron chi connectivity index (χ1n) is 2.20. The van der Waals surface area contributed by atoms with Gasteiger partial charge in [-0.1, -0.05) is 11.6 Å². The van der Waals surface area contributed by atoms with E-state index in [2.05, 4.69) is 31.2 Å². The van der Waals surface area contributed by atoms with Crippen LogP contribution in [-0.2, 0) is 0 Å². The average Bonchev–Trinajstić information content (AvgIpc) is 1.88. The quantitative estimate of drug-likeness (QED) is 0.452. The maximum atomic E-state index is 5.67. The fourth-order valence-electron chi connectivity index (χ4n) is 0.382. The van der Waals surface area contributed by atoms with Gasteiger partial charge in [0.25, 0.3) is 0 Å². The molecule has 10 heavy (non-hydrogen) atoms. The van der Waals surface area contributed by atoms with Crippen molar-refractivity contribution in [3.63, 3.8) is 0 Å². The second kappa shape index (κ2) is 3.94. The Balaban J connectivity index is 3.07. The van der Waals surface area contributed by atoms with E-state index in [9.17, 15) is 0 Å². The van der Waals surface area contributed by atoms with Crippen LogP contribution in [-0.4, -0.2) is 9.97 Å². The Morgan fingerprint density at radius 1 is 1.50 bits per heavy atom. The van der Waals surface area contributed by atoms with Gasteiger partial charge in [-0.05, 0) is 20.5 Å². The standard InChI is InChI=1S/C4HCl2IN2S/c5-3-2(10-7)1-8-4(6)9-3/h1H. The van der Waals surface area contributed by atoms with Crippen LogP contribution in [0.2, 0.25) is 10.4 Å². The molecule has 0 amide bonds. The molecule has 0 saturated heterocycles. The zero-order valence-corrected chi connectivity index (χ0v) is 9.00. The van der Waals surface area contributed by atoms with Gasteiger partial charge in [0.1, 0.15) is 5.15 Å². The maximum Gasteiger partial charge on any atom is 0.223 e. The zero-order valence-electron chi connectivity index (χ0n) is 4.51. The van der Waals surface area contributed by atoms with Crippen LogP contribution in [0.3, 0.4) is 0 Å². The molecule has 54 valence electrons. The summed E-state index contributed by atoms with van der Waals surface area (Å²) in [6.07, 6.45) is 1.59. The summed E-state index contributed by atoms with van der Waals surface area (Å²) in [5, 5.41) is 0.582. The van der Waals surface area contributed by atoms with Crippen molar-refractivity contribution in [3.8, 4) is 0 Å². The molecule has 0 saturated carbocycles. The molecule has 6 heteroatoms. The van der Waals surface area contributed by atoms with Crippen molar-refractivity contribution in [1.82, 2.24) is 9.97 Å². The van der Waals surface area contributed by atoms with Gasteiger partial charge in [0.05, 0.1) is 4.90 Å². The molecule has 2 nitrogen and oxygen atoms in total. The molecule has 1 aromatic heterocycles. The molecule has 0 atom stereocenters. The fraction of sp³-hybridized carbons (Fsp3) is 0. The van der Waals surface area contributed by atoms with Crippen molar-refractivity contribution >= 4 is 53.3 Å². The van der Waals surface area contributed by atoms with Crippen molar-refractivity contribution in [2.75, 3.05) is 0 Å². The molecule has 0 aliphatic rings. The molecule has 1 rings (SSSR count). The van der Waals surface area contributed by atoms with Crippen LogP contribution < -0.4 is 0 Å². The minimum Gasteiger partial charge on any atom is -0.225 e. The summed E-state index contributed by atoms with van der Waals surface area (Å²) in [5.74, 6) is 0. The zero-order chi connectivity index (χ0) is 7.56. The van der Waals surface area contributed by atoms with Gasteiger partial charge in [0, 0.05) is 27.4 Å². The van der Waals surface area contributed by atoms with Crippen molar-refractivity contribution in [2.24, 2.45) is 0 Å². The third-order valence-corrected chi connectivity index (χ3v) is 3.24. The third-order valence-electron chi connectivity index (χ3n) is 0.765. The molecule has 0 aliphatic heterocycles. The predicted molar refractivity (Wildman–Crippen MR) is 51.9 cm³/mol. The third kappa shape index (κ3) is 2.11. The molecule has 0 unspecified atom stereocenters. The Labute approximate surface area is 84.3 Å². The summed E-state index contributed by atoms with van der Waals surface area (Å²) >= 11 is 13.2. The van der Waals surface area contributed by atoms with Crippen LogP contribution >= 0.6 is 53.3 Å². The van der Waals surface area contributed by atoms with Crippen molar-refractivity contribution in [2.45, 2.75) is 4.90 Å². The molecule has 0 aliphatic carbocycles. The van der Waals surface area contributed by atoms with Gasteiger partial charge in [0.15, 0.2) is 0 Å².